The first-order valence-corrected chi connectivity index (χ1v) is 9.54. The summed E-state index contributed by atoms with van der Waals surface area (Å²) in [4.78, 5) is 19.1. The number of carbonyl (C=O) groups is 1. The number of pyridine rings is 1. The van der Waals surface area contributed by atoms with E-state index in [4.69, 9.17) is 4.52 Å². The maximum Gasteiger partial charge on any atom is 0.276 e. The molecule has 0 spiro atoms. The largest absolute Gasteiger partial charge is 0.355 e. The number of aromatic nitrogens is 2. The molecule has 0 aliphatic carbocycles. The third-order valence-electron chi connectivity index (χ3n) is 4.68. The van der Waals surface area contributed by atoms with Crippen molar-refractivity contribution in [3.8, 4) is 11.3 Å². The van der Waals surface area contributed by atoms with Gasteiger partial charge in [0.1, 0.15) is 0 Å². The fourth-order valence-electron chi connectivity index (χ4n) is 3.15. The van der Waals surface area contributed by atoms with E-state index in [0.29, 0.717) is 24.5 Å². The minimum absolute atomic E-state index is 0.157. The van der Waals surface area contributed by atoms with Crippen molar-refractivity contribution in [2.75, 3.05) is 6.54 Å². The summed E-state index contributed by atoms with van der Waals surface area (Å²) in [6.07, 6.45) is 4.26. The lowest BCUT2D eigenvalue weighted by Crippen LogP contribution is -2.32. The fraction of sp³-hybridized carbons (Fsp3) is 0.125. The van der Waals surface area contributed by atoms with Crippen molar-refractivity contribution in [2.24, 2.45) is 0 Å². The smallest absolute Gasteiger partial charge is 0.276 e. The maximum atomic E-state index is 13.2. The summed E-state index contributed by atoms with van der Waals surface area (Å²) in [7, 11) is 0. The van der Waals surface area contributed by atoms with Crippen LogP contribution in [0.5, 0.6) is 0 Å². The molecule has 144 valence electrons. The summed E-state index contributed by atoms with van der Waals surface area (Å²) in [6, 6.07) is 25.3. The van der Waals surface area contributed by atoms with E-state index in [9.17, 15) is 4.79 Å². The molecule has 29 heavy (non-hydrogen) atoms. The van der Waals surface area contributed by atoms with E-state index in [1.807, 2.05) is 60.7 Å². The van der Waals surface area contributed by atoms with Crippen molar-refractivity contribution >= 4 is 5.91 Å². The Morgan fingerprint density at radius 1 is 0.897 bits per heavy atom. The molecule has 2 aromatic carbocycles. The van der Waals surface area contributed by atoms with Crippen molar-refractivity contribution in [1.29, 1.82) is 0 Å². The summed E-state index contributed by atoms with van der Waals surface area (Å²) < 4.78 is 5.43. The van der Waals surface area contributed by atoms with E-state index in [-0.39, 0.29) is 5.91 Å². The van der Waals surface area contributed by atoms with Crippen LogP contribution in [0.15, 0.2) is 95.8 Å². The van der Waals surface area contributed by atoms with Crippen LogP contribution < -0.4 is 0 Å². The highest BCUT2D eigenvalue weighted by molar-refractivity contribution is 5.93. The van der Waals surface area contributed by atoms with Gasteiger partial charge in [0.05, 0.1) is 0 Å². The monoisotopic (exact) mass is 383 g/mol. The van der Waals surface area contributed by atoms with E-state index in [1.165, 1.54) is 5.56 Å². The SMILES string of the molecule is O=C(c1cc(-c2ccccc2)on1)N(CCc1ccccc1)Cc1cccnc1. The molecule has 4 rings (SSSR count). The minimum Gasteiger partial charge on any atom is -0.355 e. The molecule has 0 saturated carbocycles. The van der Waals surface area contributed by atoms with Gasteiger partial charge in [-0.2, -0.15) is 0 Å². The predicted octanol–water partition coefficient (Wildman–Crippen LogP) is 4.62. The molecule has 0 aliphatic rings. The Hall–Kier alpha value is -3.73. The number of amides is 1. The third kappa shape index (κ3) is 4.76. The Kier molecular flexibility index (Phi) is 5.76. The molecule has 0 radical (unpaired) electrons. The van der Waals surface area contributed by atoms with Gasteiger partial charge in [0.25, 0.3) is 5.91 Å². The average Bonchev–Trinajstić information content (AvgIpc) is 3.28. The summed E-state index contributed by atoms with van der Waals surface area (Å²) >= 11 is 0. The lowest BCUT2D eigenvalue weighted by Gasteiger charge is -2.21. The first-order chi connectivity index (χ1) is 14.3. The summed E-state index contributed by atoms with van der Waals surface area (Å²) in [6.45, 7) is 1.04. The number of carbonyl (C=O) groups excluding carboxylic acids is 1. The van der Waals surface area contributed by atoms with Crippen LogP contribution in [-0.4, -0.2) is 27.5 Å². The van der Waals surface area contributed by atoms with Gasteiger partial charge in [-0.05, 0) is 23.6 Å². The second kappa shape index (κ2) is 8.97. The summed E-state index contributed by atoms with van der Waals surface area (Å²) in [5.41, 5.74) is 3.35. The third-order valence-corrected chi connectivity index (χ3v) is 4.68. The molecule has 0 bridgehead atoms. The van der Waals surface area contributed by atoms with Gasteiger partial charge in [-0.1, -0.05) is 71.9 Å². The summed E-state index contributed by atoms with van der Waals surface area (Å²) in [5, 5.41) is 4.03. The fourth-order valence-corrected chi connectivity index (χ4v) is 3.15. The normalized spacial score (nSPS) is 10.6. The van der Waals surface area contributed by atoms with Gasteiger partial charge < -0.3 is 9.42 Å². The molecule has 4 aromatic rings. The van der Waals surface area contributed by atoms with Crippen molar-refractivity contribution in [2.45, 2.75) is 13.0 Å². The molecule has 0 saturated heterocycles. The molecule has 0 atom stereocenters. The second-order valence-electron chi connectivity index (χ2n) is 6.77. The Morgan fingerprint density at radius 3 is 2.34 bits per heavy atom. The number of nitrogens with zero attached hydrogens (tertiary/aromatic N) is 3. The minimum atomic E-state index is -0.157. The zero-order valence-electron chi connectivity index (χ0n) is 15.9. The van der Waals surface area contributed by atoms with Gasteiger partial charge in [0, 0.05) is 37.1 Å². The van der Waals surface area contributed by atoms with Crippen LogP contribution in [0.25, 0.3) is 11.3 Å². The van der Waals surface area contributed by atoms with Gasteiger partial charge >= 0.3 is 0 Å². The van der Waals surface area contributed by atoms with E-state index < -0.39 is 0 Å². The first kappa shape index (κ1) is 18.6. The van der Waals surface area contributed by atoms with Gasteiger partial charge in [0.15, 0.2) is 11.5 Å². The van der Waals surface area contributed by atoms with Gasteiger partial charge in [-0.3, -0.25) is 9.78 Å². The van der Waals surface area contributed by atoms with Crippen LogP contribution in [0.3, 0.4) is 0 Å². The Labute approximate surface area is 169 Å². The van der Waals surface area contributed by atoms with Crippen LogP contribution >= 0.6 is 0 Å². The molecule has 0 fully saturated rings. The number of rotatable bonds is 7. The van der Waals surface area contributed by atoms with Crippen molar-refractivity contribution in [3.63, 3.8) is 0 Å². The quantitative estimate of drug-likeness (QED) is 0.467. The average molecular weight is 383 g/mol. The lowest BCUT2D eigenvalue weighted by atomic mass is 10.1. The Bertz CT molecular complexity index is 1050. The van der Waals surface area contributed by atoms with Gasteiger partial charge in [-0.25, -0.2) is 0 Å². The van der Waals surface area contributed by atoms with Crippen molar-refractivity contribution in [1.82, 2.24) is 15.0 Å². The molecule has 0 unspecified atom stereocenters. The molecular formula is C24H21N3O2. The maximum absolute atomic E-state index is 13.2. The van der Waals surface area contributed by atoms with E-state index in [1.54, 1.807) is 23.4 Å². The highest BCUT2D eigenvalue weighted by atomic mass is 16.5. The number of hydrogen-bond acceptors (Lipinski definition) is 4. The Balaban J connectivity index is 1.54. The molecule has 1 amide bonds. The molecule has 0 N–H and O–H groups in total. The first-order valence-electron chi connectivity index (χ1n) is 9.54. The van der Waals surface area contributed by atoms with Crippen LogP contribution in [-0.2, 0) is 13.0 Å². The van der Waals surface area contributed by atoms with Crippen LogP contribution in [0.2, 0.25) is 0 Å². The summed E-state index contributed by atoms with van der Waals surface area (Å²) in [5.74, 6) is 0.425. The Morgan fingerprint density at radius 2 is 1.62 bits per heavy atom. The zero-order valence-corrected chi connectivity index (χ0v) is 15.9. The number of hydrogen-bond donors (Lipinski definition) is 0. The topological polar surface area (TPSA) is 59.2 Å². The van der Waals surface area contributed by atoms with Crippen LogP contribution in [0.4, 0.5) is 0 Å². The zero-order chi connectivity index (χ0) is 19.9. The molecular weight excluding hydrogens is 362 g/mol. The van der Waals surface area contributed by atoms with E-state index in [2.05, 4.69) is 22.3 Å². The van der Waals surface area contributed by atoms with E-state index >= 15 is 0 Å². The van der Waals surface area contributed by atoms with Crippen molar-refractivity contribution in [3.05, 3.63) is 108 Å². The van der Waals surface area contributed by atoms with Crippen molar-refractivity contribution < 1.29 is 9.32 Å². The molecule has 0 aliphatic heterocycles. The highest BCUT2D eigenvalue weighted by Gasteiger charge is 2.21. The highest BCUT2D eigenvalue weighted by Crippen LogP contribution is 2.21. The molecule has 2 aromatic heterocycles. The predicted molar refractivity (Wildman–Crippen MR) is 111 cm³/mol. The van der Waals surface area contributed by atoms with Gasteiger partial charge in [-0.15, -0.1) is 0 Å². The number of benzene rings is 2. The standard InChI is InChI=1S/C24H21N3O2/c28-24(22-16-23(29-26-22)21-11-5-2-6-12-21)27(18-20-10-7-14-25-17-20)15-13-19-8-3-1-4-9-19/h1-12,14,16-17H,13,15,18H2. The van der Waals surface area contributed by atoms with Crippen LogP contribution in [0, 0.1) is 0 Å². The second-order valence-corrected chi connectivity index (χ2v) is 6.77. The van der Waals surface area contributed by atoms with Gasteiger partial charge in [0.2, 0.25) is 0 Å². The van der Waals surface area contributed by atoms with E-state index in [0.717, 1.165) is 17.5 Å². The van der Waals surface area contributed by atoms with Crippen LogP contribution in [0.1, 0.15) is 21.6 Å². The molecule has 5 nitrogen and oxygen atoms in total. The lowest BCUT2D eigenvalue weighted by molar-refractivity contribution is 0.0734. The molecule has 5 heteroatoms. The molecule has 2 heterocycles.